The van der Waals surface area contributed by atoms with Crippen LogP contribution in [-0.2, 0) is 19.9 Å². The van der Waals surface area contributed by atoms with Crippen molar-refractivity contribution in [2.45, 2.75) is 45.1 Å². The van der Waals surface area contributed by atoms with Gasteiger partial charge in [0.25, 0.3) is 0 Å². The smallest absolute Gasteiger partial charge is 0.109 e. The highest BCUT2D eigenvalue weighted by molar-refractivity contribution is 5.76. The zero-order valence-electron chi connectivity index (χ0n) is 11.9. The molecule has 1 N–H and O–H groups in total. The van der Waals surface area contributed by atoms with Crippen LogP contribution in [-0.4, -0.2) is 22.1 Å². The average Bonchev–Trinajstić information content (AvgIpc) is 3.17. The molecule has 1 aromatic heterocycles. The lowest BCUT2D eigenvalue weighted by Crippen LogP contribution is -2.19. The third-order valence-electron chi connectivity index (χ3n) is 3.94. The minimum Gasteiger partial charge on any atom is -0.331 e. The molecule has 1 saturated carbocycles. The Hall–Kier alpha value is -1.35. The molecule has 1 aliphatic rings. The fourth-order valence-corrected chi connectivity index (χ4v) is 2.61. The molecule has 0 saturated heterocycles. The maximum absolute atomic E-state index is 4.76. The molecule has 3 rings (SSSR count). The Morgan fingerprint density at radius 3 is 2.89 bits per heavy atom. The van der Waals surface area contributed by atoms with Crippen molar-refractivity contribution in [3.63, 3.8) is 0 Å². The van der Waals surface area contributed by atoms with E-state index in [1.54, 1.807) is 0 Å². The molecule has 1 aromatic carbocycles. The molecule has 1 heterocycles. The molecule has 1 fully saturated rings. The summed E-state index contributed by atoms with van der Waals surface area (Å²) in [4.78, 5) is 4.76. The van der Waals surface area contributed by atoms with Crippen molar-refractivity contribution >= 4 is 11.0 Å². The van der Waals surface area contributed by atoms with E-state index in [0.717, 1.165) is 37.4 Å². The molecule has 1 aliphatic carbocycles. The zero-order chi connectivity index (χ0) is 13.2. The van der Waals surface area contributed by atoms with Crippen LogP contribution < -0.4 is 5.32 Å². The Labute approximate surface area is 115 Å². The SMILES string of the molecule is CCCc1nc2cc(CCNC3CC3)ccc2n1C. The van der Waals surface area contributed by atoms with Crippen molar-refractivity contribution in [3.05, 3.63) is 29.6 Å². The van der Waals surface area contributed by atoms with Gasteiger partial charge in [0.1, 0.15) is 5.82 Å². The summed E-state index contributed by atoms with van der Waals surface area (Å²) < 4.78 is 2.23. The number of hydrogen-bond acceptors (Lipinski definition) is 2. The second kappa shape index (κ2) is 5.33. The van der Waals surface area contributed by atoms with E-state index in [9.17, 15) is 0 Å². The number of fused-ring (bicyclic) bond motifs is 1. The number of rotatable bonds is 6. The van der Waals surface area contributed by atoms with Gasteiger partial charge in [0, 0.05) is 19.5 Å². The van der Waals surface area contributed by atoms with E-state index >= 15 is 0 Å². The summed E-state index contributed by atoms with van der Waals surface area (Å²) in [6.45, 7) is 3.29. The molecule has 102 valence electrons. The number of imidazole rings is 1. The molecule has 0 unspecified atom stereocenters. The first-order chi connectivity index (χ1) is 9.28. The van der Waals surface area contributed by atoms with Gasteiger partial charge in [-0.05, 0) is 49.9 Å². The standard InChI is InChI=1S/C16H23N3/c1-3-4-16-18-14-11-12(5-8-15(14)19(16)2)9-10-17-13-6-7-13/h5,8,11,13,17H,3-4,6-7,9-10H2,1-2H3. The van der Waals surface area contributed by atoms with Gasteiger partial charge in [-0.1, -0.05) is 13.0 Å². The second-order valence-corrected chi connectivity index (χ2v) is 5.64. The van der Waals surface area contributed by atoms with Crippen LogP contribution in [0.3, 0.4) is 0 Å². The minimum absolute atomic E-state index is 0.801. The highest BCUT2D eigenvalue weighted by Crippen LogP contribution is 2.20. The number of aromatic nitrogens is 2. The fourth-order valence-electron chi connectivity index (χ4n) is 2.61. The molecule has 2 aromatic rings. The minimum atomic E-state index is 0.801. The molecular weight excluding hydrogens is 234 g/mol. The lowest BCUT2D eigenvalue weighted by atomic mass is 10.1. The van der Waals surface area contributed by atoms with Crippen molar-refractivity contribution in [1.82, 2.24) is 14.9 Å². The Morgan fingerprint density at radius 2 is 2.16 bits per heavy atom. The van der Waals surface area contributed by atoms with Gasteiger partial charge < -0.3 is 9.88 Å². The predicted octanol–water partition coefficient (Wildman–Crippen LogP) is 2.82. The molecule has 19 heavy (non-hydrogen) atoms. The Balaban J connectivity index is 1.75. The summed E-state index contributed by atoms with van der Waals surface area (Å²) in [5.74, 6) is 1.20. The third-order valence-corrected chi connectivity index (χ3v) is 3.94. The van der Waals surface area contributed by atoms with Gasteiger partial charge >= 0.3 is 0 Å². The lowest BCUT2D eigenvalue weighted by Gasteiger charge is -2.03. The van der Waals surface area contributed by atoms with Gasteiger partial charge in [0.15, 0.2) is 0 Å². The van der Waals surface area contributed by atoms with Crippen LogP contribution in [0, 0.1) is 0 Å². The number of aryl methyl sites for hydroxylation is 2. The van der Waals surface area contributed by atoms with Crippen molar-refractivity contribution in [1.29, 1.82) is 0 Å². The van der Waals surface area contributed by atoms with E-state index in [-0.39, 0.29) is 0 Å². The van der Waals surface area contributed by atoms with Crippen LogP contribution in [0.4, 0.5) is 0 Å². The topological polar surface area (TPSA) is 29.9 Å². The Kier molecular flexibility index (Phi) is 3.56. The molecule has 3 heteroatoms. The molecular formula is C16H23N3. The van der Waals surface area contributed by atoms with Crippen molar-refractivity contribution in [2.24, 2.45) is 7.05 Å². The Bertz CT molecular complexity index is 567. The number of benzene rings is 1. The quantitative estimate of drug-likeness (QED) is 0.862. The number of nitrogens with zero attached hydrogens (tertiary/aromatic N) is 2. The summed E-state index contributed by atoms with van der Waals surface area (Å²) in [7, 11) is 2.12. The molecule has 0 aliphatic heterocycles. The van der Waals surface area contributed by atoms with Crippen molar-refractivity contribution < 1.29 is 0 Å². The van der Waals surface area contributed by atoms with E-state index in [1.165, 1.54) is 29.7 Å². The summed E-state index contributed by atoms with van der Waals surface area (Å²) >= 11 is 0. The van der Waals surface area contributed by atoms with Crippen LogP contribution in [0.15, 0.2) is 18.2 Å². The summed E-state index contributed by atoms with van der Waals surface area (Å²) in [6.07, 6.45) is 6.03. The number of nitrogens with one attached hydrogen (secondary N) is 1. The second-order valence-electron chi connectivity index (χ2n) is 5.64. The molecule has 0 atom stereocenters. The number of hydrogen-bond donors (Lipinski definition) is 1. The van der Waals surface area contributed by atoms with Crippen molar-refractivity contribution in [2.75, 3.05) is 6.54 Å². The largest absolute Gasteiger partial charge is 0.331 e. The van der Waals surface area contributed by atoms with Crippen LogP contribution in [0.1, 0.15) is 37.6 Å². The van der Waals surface area contributed by atoms with Gasteiger partial charge in [-0.15, -0.1) is 0 Å². The highest BCUT2D eigenvalue weighted by atomic mass is 15.1. The van der Waals surface area contributed by atoms with E-state index in [2.05, 4.69) is 42.1 Å². The van der Waals surface area contributed by atoms with Crippen LogP contribution in [0.25, 0.3) is 11.0 Å². The van der Waals surface area contributed by atoms with Gasteiger partial charge in [0.05, 0.1) is 11.0 Å². The van der Waals surface area contributed by atoms with Crippen LogP contribution in [0.5, 0.6) is 0 Å². The molecule has 0 amide bonds. The fraction of sp³-hybridized carbons (Fsp3) is 0.562. The normalized spacial score (nSPS) is 15.3. The van der Waals surface area contributed by atoms with E-state index in [0.29, 0.717) is 0 Å². The average molecular weight is 257 g/mol. The summed E-state index contributed by atoms with van der Waals surface area (Å²) in [6, 6.07) is 7.51. The first kappa shape index (κ1) is 12.7. The van der Waals surface area contributed by atoms with Gasteiger partial charge in [-0.3, -0.25) is 0 Å². The molecule has 0 bridgehead atoms. The van der Waals surface area contributed by atoms with E-state index in [1.807, 2.05) is 0 Å². The zero-order valence-corrected chi connectivity index (χ0v) is 11.9. The maximum atomic E-state index is 4.76. The first-order valence-corrected chi connectivity index (χ1v) is 7.45. The maximum Gasteiger partial charge on any atom is 0.109 e. The van der Waals surface area contributed by atoms with E-state index in [4.69, 9.17) is 4.98 Å². The predicted molar refractivity (Wildman–Crippen MR) is 79.4 cm³/mol. The monoisotopic (exact) mass is 257 g/mol. The third kappa shape index (κ3) is 2.81. The van der Waals surface area contributed by atoms with Gasteiger partial charge in [0.2, 0.25) is 0 Å². The molecule has 0 spiro atoms. The van der Waals surface area contributed by atoms with Crippen LogP contribution in [0.2, 0.25) is 0 Å². The Morgan fingerprint density at radius 1 is 1.32 bits per heavy atom. The molecule has 0 radical (unpaired) electrons. The summed E-state index contributed by atoms with van der Waals surface area (Å²) in [5.41, 5.74) is 3.79. The first-order valence-electron chi connectivity index (χ1n) is 7.45. The van der Waals surface area contributed by atoms with E-state index < -0.39 is 0 Å². The highest BCUT2D eigenvalue weighted by Gasteiger charge is 2.19. The lowest BCUT2D eigenvalue weighted by molar-refractivity contribution is 0.682. The van der Waals surface area contributed by atoms with Crippen LogP contribution >= 0.6 is 0 Å². The summed E-state index contributed by atoms with van der Waals surface area (Å²) in [5, 5.41) is 3.56. The van der Waals surface area contributed by atoms with Gasteiger partial charge in [-0.2, -0.15) is 0 Å². The van der Waals surface area contributed by atoms with Crippen molar-refractivity contribution in [3.8, 4) is 0 Å². The van der Waals surface area contributed by atoms with Gasteiger partial charge in [-0.25, -0.2) is 4.98 Å². The molecule has 3 nitrogen and oxygen atoms in total.